The van der Waals surface area contributed by atoms with Crippen molar-refractivity contribution in [3.05, 3.63) is 29.8 Å². The summed E-state index contributed by atoms with van der Waals surface area (Å²) in [6.45, 7) is 5.45. The average Bonchev–Trinajstić information content (AvgIpc) is 2.87. The zero-order valence-electron chi connectivity index (χ0n) is 10.0. The van der Waals surface area contributed by atoms with Gasteiger partial charge >= 0.3 is 0 Å². The highest BCUT2D eigenvalue weighted by Gasteiger charge is 2.47. The molecule has 1 unspecified atom stereocenters. The number of hydrogen-bond acceptors (Lipinski definition) is 3. The Balaban J connectivity index is 1.73. The summed E-state index contributed by atoms with van der Waals surface area (Å²) in [4.78, 5) is 0. The predicted octanol–water partition coefficient (Wildman–Crippen LogP) is 2.39. The fourth-order valence-electron chi connectivity index (χ4n) is 1.57. The molecule has 3 heteroatoms. The van der Waals surface area contributed by atoms with E-state index in [1.807, 2.05) is 24.3 Å². The van der Waals surface area contributed by atoms with Crippen LogP contribution in [0, 0.1) is 0 Å². The Hall–Kier alpha value is -1.06. The lowest BCUT2D eigenvalue weighted by atomic mass is 10.1. The quantitative estimate of drug-likeness (QED) is 0.717. The fraction of sp³-hybridized carbons (Fsp3) is 0.538. The molecule has 1 aliphatic heterocycles. The van der Waals surface area contributed by atoms with Crippen molar-refractivity contribution in [3.63, 3.8) is 0 Å². The number of rotatable bonds is 5. The summed E-state index contributed by atoms with van der Waals surface area (Å²) < 4.78 is 16.1. The maximum atomic E-state index is 5.59. The van der Waals surface area contributed by atoms with Crippen LogP contribution in [0.3, 0.4) is 0 Å². The van der Waals surface area contributed by atoms with Crippen LogP contribution in [0.25, 0.3) is 0 Å². The Morgan fingerprint density at radius 2 is 1.88 bits per heavy atom. The van der Waals surface area contributed by atoms with Crippen molar-refractivity contribution in [2.45, 2.75) is 32.2 Å². The summed E-state index contributed by atoms with van der Waals surface area (Å²) in [5.41, 5.74) is 1.17. The van der Waals surface area contributed by atoms with E-state index in [1.165, 1.54) is 0 Å². The van der Waals surface area contributed by atoms with Crippen LogP contribution in [-0.2, 0) is 16.1 Å². The van der Waals surface area contributed by atoms with E-state index >= 15 is 0 Å². The highest BCUT2D eigenvalue weighted by Crippen LogP contribution is 2.35. The van der Waals surface area contributed by atoms with Crippen LogP contribution in [0.4, 0.5) is 0 Å². The summed E-state index contributed by atoms with van der Waals surface area (Å²) in [6, 6.07) is 7.90. The van der Waals surface area contributed by atoms with Crippen molar-refractivity contribution in [1.82, 2.24) is 0 Å². The third-order valence-electron chi connectivity index (χ3n) is 2.86. The molecule has 1 aromatic carbocycles. The van der Waals surface area contributed by atoms with Crippen molar-refractivity contribution in [3.8, 4) is 5.75 Å². The van der Waals surface area contributed by atoms with E-state index in [4.69, 9.17) is 14.2 Å². The van der Waals surface area contributed by atoms with Gasteiger partial charge in [0.1, 0.15) is 11.9 Å². The smallest absolute Gasteiger partial charge is 0.118 e. The van der Waals surface area contributed by atoms with Gasteiger partial charge < -0.3 is 14.2 Å². The molecule has 2 rings (SSSR count). The average molecular weight is 222 g/mol. The first-order valence-electron chi connectivity index (χ1n) is 5.50. The van der Waals surface area contributed by atoms with Crippen molar-refractivity contribution >= 4 is 0 Å². The highest BCUT2D eigenvalue weighted by atomic mass is 16.6. The van der Waals surface area contributed by atoms with Crippen LogP contribution in [0.5, 0.6) is 5.75 Å². The number of ether oxygens (including phenoxy) is 3. The SMILES string of the molecule is COc1ccc(COCC2OC2(C)C)cc1. The number of epoxide rings is 1. The van der Waals surface area contributed by atoms with Gasteiger partial charge in [0.2, 0.25) is 0 Å². The molecule has 1 aromatic rings. The molecule has 0 radical (unpaired) electrons. The predicted molar refractivity (Wildman–Crippen MR) is 61.6 cm³/mol. The maximum Gasteiger partial charge on any atom is 0.118 e. The standard InChI is InChI=1S/C13H18O3/c1-13(2)12(16-13)9-15-8-10-4-6-11(14-3)7-5-10/h4-7,12H,8-9H2,1-3H3. The zero-order chi connectivity index (χ0) is 11.6. The van der Waals surface area contributed by atoms with Gasteiger partial charge in [-0.15, -0.1) is 0 Å². The Kier molecular flexibility index (Phi) is 3.17. The van der Waals surface area contributed by atoms with Gasteiger partial charge in [-0.3, -0.25) is 0 Å². The van der Waals surface area contributed by atoms with E-state index in [2.05, 4.69) is 13.8 Å². The molecule has 3 nitrogen and oxygen atoms in total. The van der Waals surface area contributed by atoms with Gasteiger partial charge in [-0.1, -0.05) is 12.1 Å². The molecule has 0 spiro atoms. The molecular weight excluding hydrogens is 204 g/mol. The van der Waals surface area contributed by atoms with E-state index < -0.39 is 0 Å². The lowest BCUT2D eigenvalue weighted by molar-refractivity contribution is 0.104. The van der Waals surface area contributed by atoms with Crippen LogP contribution < -0.4 is 4.74 Å². The first kappa shape index (κ1) is 11.4. The monoisotopic (exact) mass is 222 g/mol. The highest BCUT2D eigenvalue weighted by molar-refractivity contribution is 5.26. The van der Waals surface area contributed by atoms with Crippen molar-refractivity contribution < 1.29 is 14.2 Å². The van der Waals surface area contributed by atoms with E-state index in [0.29, 0.717) is 13.2 Å². The van der Waals surface area contributed by atoms with Crippen molar-refractivity contribution in [2.24, 2.45) is 0 Å². The minimum Gasteiger partial charge on any atom is -0.497 e. The summed E-state index contributed by atoms with van der Waals surface area (Å²) >= 11 is 0. The summed E-state index contributed by atoms with van der Waals surface area (Å²) in [5.74, 6) is 0.871. The first-order chi connectivity index (χ1) is 7.62. The molecule has 0 saturated carbocycles. The van der Waals surface area contributed by atoms with E-state index in [0.717, 1.165) is 11.3 Å². The number of benzene rings is 1. The summed E-state index contributed by atoms with van der Waals surface area (Å²) in [7, 11) is 1.66. The Bertz CT molecular complexity index is 343. The molecule has 1 heterocycles. The Morgan fingerprint density at radius 3 is 2.38 bits per heavy atom. The largest absolute Gasteiger partial charge is 0.497 e. The molecule has 16 heavy (non-hydrogen) atoms. The molecule has 0 aliphatic carbocycles. The van der Waals surface area contributed by atoms with Gasteiger partial charge in [0.15, 0.2) is 0 Å². The molecule has 1 fully saturated rings. The zero-order valence-corrected chi connectivity index (χ0v) is 10.0. The van der Waals surface area contributed by atoms with Gasteiger partial charge in [-0.25, -0.2) is 0 Å². The van der Waals surface area contributed by atoms with Crippen LogP contribution >= 0.6 is 0 Å². The molecule has 1 atom stereocenters. The van der Waals surface area contributed by atoms with Gasteiger partial charge in [-0.2, -0.15) is 0 Å². The third kappa shape index (κ3) is 2.74. The normalized spacial score (nSPS) is 21.8. The third-order valence-corrected chi connectivity index (χ3v) is 2.86. The van der Waals surface area contributed by atoms with E-state index in [-0.39, 0.29) is 11.7 Å². The molecule has 0 amide bonds. The second-order valence-electron chi connectivity index (χ2n) is 4.57. The fourth-order valence-corrected chi connectivity index (χ4v) is 1.57. The lowest BCUT2D eigenvalue weighted by Gasteiger charge is -2.04. The van der Waals surface area contributed by atoms with Crippen LogP contribution in [0.2, 0.25) is 0 Å². The van der Waals surface area contributed by atoms with Gasteiger partial charge in [0.05, 0.1) is 25.9 Å². The lowest BCUT2D eigenvalue weighted by Crippen LogP contribution is -2.10. The molecule has 0 bridgehead atoms. The van der Waals surface area contributed by atoms with Crippen LogP contribution in [-0.4, -0.2) is 25.4 Å². The molecular formula is C13H18O3. The maximum absolute atomic E-state index is 5.59. The van der Waals surface area contributed by atoms with Crippen molar-refractivity contribution in [1.29, 1.82) is 0 Å². The molecule has 1 saturated heterocycles. The summed E-state index contributed by atoms with van der Waals surface area (Å²) in [6.07, 6.45) is 0.255. The Morgan fingerprint density at radius 1 is 1.25 bits per heavy atom. The van der Waals surface area contributed by atoms with Crippen LogP contribution in [0.15, 0.2) is 24.3 Å². The molecule has 1 aliphatic rings. The topological polar surface area (TPSA) is 31.0 Å². The van der Waals surface area contributed by atoms with E-state index in [9.17, 15) is 0 Å². The molecule has 0 aromatic heterocycles. The van der Waals surface area contributed by atoms with Gasteiger partial charge in [0.25, 0.3) is 0 Å². The minimum atomic E-state index is 0.0138. The minimum absolute atomic E-state index is 0.0138. The first-order valence-corrected chi connectivity index (χ1v) is 5.50. The number of hydrogen-bond donors (Lipinski definition) is 0. The second kappa shape index (κ2) is 4.44. The van der Waals surface area contributed by atoms with E-state index in [1.54, 1.807) is 7.11 Å². The molecule has 0 N–H and O–H groups in total. The number of methoxy groups -OCH3 is 1. The van der Waals surface area contributed by atoms with Crippen LogP contribution in [0.1, 0.15) is 19.4 Å². The van der Waals surface area contributed by atoms with Gasteiger partial charge in [0, 0.05) is 0 Å². The Labute approximate surface area is 96.3 Å². The van der Waals surface area contributed by atoms with Gasteiger partial charge in [-0.05, 0) is 31.5 Å². The molecule has 88 valence electrons. The second-order valence-corrected chi connectivity index (χ2v) is 4.57. The van der Waals surface area contributed by atoms with Crippen molar-refractivity contribution in [2.75, 3.05) is 13.7 Å². The summed E-state index contributed by atoms with van der Waals surface area (Å²) in [5, 5.41) is 0.